The number of hydrogen-bond donors (Lipinski definition) is 1. The van der Waals surface area contributed by atoms with E-state index in [1.165, 1.54) is 4.90 Å². The minimum atomic E-state index is -3.85. The lowest BCUT2D eigenvalue weighted by Gasteiger charge is -2.34. The van der Waals surface area contributed by atoms with E-state index in [1.807, 2.05) is 64.1 Å². The number of anilines is 1. The van der Waals surface area contributed by atoms with Crippen molar-refractivity contribution in [2.24, 2.45) is 0 Å². The number of nitrogens with one attached hydrogen (secondary N) is 1. The first-order valence-corrected chi connectivity index (χ1v) is 15.5. The molecule has 10 heteroatoms. The van der Waals surface area contributed by atoms with Gasteiger partial charge in [-0.25, -0.2) is 8.42 Å². The van der Waals surface area contributed by atoms with Gasteiger partial charge in [-0.05, 0) is 68.1 Å². The standard InChI is InChI=1S/C30H35Cl2N3O4S/c1-20(2)33-30(37)28(17-23-11-7-6-8-12-23)34(18-24-14-15-25(31)26(32)16-24)29(36)19-35(40(5,38)39)27-13-9-10-21(3)22(27)4/h6-16,20,28H,17-19H2,1-5H3,(H,33,37)/t28-/m0/s1. The highest BCUT2D eigenvalue weighted by Crippen LogP contribution is 2.27. The van der Waals surface area contributed by atoms with E-state index >= 15 is 0 Å². The zero-order chi connectivity index (χ0) is 29.6. The Bertz CT molecular complexity index is 1460. The monoisotopic (exact) mass is 603 g/mol. The van der Waals surface area contributed by atoms with Crippen molar-refractivity contribution in [2.45, 2.75) is 52.7 Å². The molecule has 1 atom stereocenters. The number of sulfonamides is 1. The molecule has 0 aliphatic rings. The highest BCUT2D eigenvalue weighted by atomic mass is 35.5. The third-order valence-electron chi connectivity index (χ3n) is 6.56. The number of amides is 2. The summed E-state index contributed by atoms with van der Waals surface area (Å²) in [5, 5.41) is 3.60. The van der Waals surface area contributed by atoms with E-state index in [0.29, 0.717) is 21.3 Å². The van der Waals surface area contributed by atoms with Crippen LogP contribution in [0.1, 0.15) is 36.1 Å². The van der Waals surface area contributed by atoms with Gasteiger partial charge in [0.2, 0.25) is 21.8 Å². The van der Waals surface area contributed by atoms with Crippen LogP contribution in [0.15, 0.2) is 66.7 Å². The summed E-state index contributed by atoms with van der Waals surface area (Å²) in [6.07, 6.45) is 1.30. The molecule has 0 bridgehead atoms. The number of carbonyl (C=O) groups excluding carboxylic acids is 2. The van der Waals surface area contributed by atoms with Gasteiger partial charge in [0.25, 0.3) is 0 Å². The Kier molecular flexibility index (Phi) is 10.6. The van der Waals surface area contributed by atoms with E-state index in [2.05, 4.69) is 5.32 Å². The summed E-state index contributed by atoms with van der Waals surface area (Å²) in [7, 11) is -3.85. The summed E-state index contributed by atoms with van der Waals surface area (Å²) in [6, 6.07) is 18.6. The van der Waals surface area contributed by atoms with Crippen LogP contribution in [0.3, 0.4) is 0 Å². The summed E-state index contributed by atoms with van der Waals surface area (Å²) in [4.78, 5) is 29.1. The molecule has 0 radical (unpaired) electrons. The maximum Gasteiger partial charge on any atom is 0.244 e. The first-order valence-electron chi connectivity index (χ1n) is 12.9. The SMILES string of the molecule is Cc1cccc(N(CC(=O)N(Cc2ccc(Cl)c(Cl)c2)[C@@H](Cc2ccccc2)C(=O)NC(C)C)S(C)(=O)=O)c1C. The highest BCUT2D eigenvalue weighted by molar-refractivity contribution is 7.92. The zero-order valence-electron chi connectivity index (χ0n) is 23.3. The molecule has 0 saturated heterocycles. The quantitative estimate of drug-likeness (QED) is 0.312. The summed E-state index contributed by atoms with van der Waals surface area (Å²) >= 11 is 12.4. The van der Waals surface area contributed by atoms with E-state index in [0.717, 1.165) is 27.3 Å². The van der Waals surface area contributed by atoms with Gasteiger partial charge < -0.3 is 10.2 Å². The molecule has 2 amide bonds. The Hall–Kier alpha value is -3.07. The molecule has 0 aromatic heterocycles. The van der Waals surface area contributed by atoms with Crippen molar-refractivity contribution in [2.75, 3.05) is 17.1 Å². The van der Waals surface area contributed by atoms with Crippen LogP contribution in [0.5, 0.6) is 0 Å². The molecule has 40 heavy (non-hydrogen) atoms. The van der Waals surface area contributed by atoms with E-state index in [9.17, 15) is 18.0 Å². The average Bonchev–Trinajstić information content (AvgIpc) is 2.88. The molecule has 0 spiro atoms. The summed E-state index contributed by atoms with van der Waals surface area (Å²) in [5.41, 5.74) is 3.56. The van der Waals surface area contributed by atoms with Gasteiger partial charge in [-0.15, -0.1) is 0 Å². The largest absolute Gasteiger partial charge is 0.352 e. The number of hydrogen-bond acceptors (Lipinski definition) is 4. The van der Waals surface area contributed by atoms with Gasteiger partial charge in [-0.1, -0.05) is 71.7 Å². The van der Waals surface area contributed by atoms with Crippen LogP contribution in [0.25, 0.3) is 0 Å². The first kappa shape index (κ1) is 31.5. The van der Waals surface area contributed by atoms with Crippen LogP contribution in [0, 0.1) is 13.8 Å². The van der Waals surface area contributed by atoms with Crippen LogP contribution >= 0.6 is 23.2 Å². The van der Waals surface area contributed by atoms with Crippen LogP contribution in [0.2, 0.25) is 10.0 Å². The number of carbonyl (C=O) groups is 2. The second-order valence-corrected chi connectivity index (χ2v) is 12.8. The van der Waals surface area contributed by atoms with Crippen molar-refractivity contribution < 1.29 is 18.0 Å². The number of rotatable bonds is 11. The van der Waals surface area contributed by atoms with E-state index < -0.39 is 28.5 Å². The average molecular weight is 605 g/mol. The van der Waals surface area contributed by atoms with Gasteiger partial charge in [0.05, 0.1) is 22.0 Å². The fourth-order valence-electron chi connectivity index (χ4n) is 4.37. The molecule has 0 fully saturated rings. The molecule has 0 unspecified atom stereocenters. The number of halogens is 2. The highest BCUT2D eigenvalue weighted by Gasteiger charge is 2.33. The van der Waals surface area contributed by atoms with Gasteiger partial charge in [0, 0.05) is 19.0 Å². The normalized spacial score (nSPS) is 12.2. The molecule has 3 rings (SSSR count). The third-order valence-corrected chi connectivity index (χ3v) is 8.43. The molecular formula is C30H35Cl2N3O4S. The lowest BCUT2D eigenvalue weighted by molar-refractivity contribution is -0.140. The summed E-state index contributed by atoms with van der Waals surface area (Å²) in [6.45, 7) is 6.91. The lowest BCUT2D eigenvalue weighted by Crippen LogP contribution is -2.54. The molecule has 3 aromatic carbocycles. The summed E-state index contributed by atoms with van der Waals surface area (Å²) in [5.74, 6) is -0.873. The first-order chi connectivity index (χ1) is 18.8. The molecule has 214 valence electrons. The maximum atomic E-state index is 14.1. The fourth-order valence-corrected chi connectivity index (χ4v) is 5.59. The number of benzene rings is 3. The molecular weight excluding hydrogens is 569 g/mol. The summed E-state index contributed by atoms with van der Waals surface area (Å²) < 4.78 is 27.1. The minimum Gasteiger partial charge on any atom is -0.352 e. The van der Waals surface area contributed by atoms with Gasteiger partial charge >= 0.3 is 0 Å². The third kappa shape index (κ3) is 8.22. The van der Waals surface area contributed by atoms with Crippen molar-refractivity contribution in [3.63, 3.8) is 0 Å². The zero-order valence-corrected chi connectivity index (χ0v) is 25.6. The van der Waals surface area contributed by atoms with Crippen LogP contribution in [-0.2, 0) is 32.6 Å². The Balaban J connectivity index is 2.10. The predicted molar refractivity (Wildman–Crippen MR) is 162 cm³/mol. The smallest absolute Gasteiger partial charge is 0.244 e. The Morgan fingerprint density at radius 2 is 1.57 bits per heavy atom. The van der Waals surface area contributed by atoms with E-state index in [4.69, 9.17) is 23.2 Å². The molecule has 0 aliphatic heterocycles. The Morgan fingerprint density at radius 3 is 2.17 bits per heavy atom. The van der Waals surface area contributed by atoms with Gasteiger partial charge in [0.15, 0.2) is 0 Å². The van der Waals surface area contributed by atoms with Crippen LogP contribution in [-0.4, -0.2) is 50.0 Å². The second kappa shape index (κ2) is 13.5. The molecule has 1 N–H and O–H groups in total. The maximum absolute atomic E-state index is 14.1. The van der Waals surface area contributed by atoms with Gasteiger partial charge in [-0.2, -0.15) is 0 Å². The number of nitrogens with zero attached hydrogens (tertiary/aromatic N) is 2. The molecule has 0 saturated carbocycles. The van der Waals surface area contributed by atoms with Crippen LogP contribution in [0.4, 0.5) is 5.69 Å². The van der Waals surface area contributed by atoms with E-state index in [-0.39, 0.29) is 24.9 Å². The van der Waals surface area contributed by atoms with Gasteiger partial charge in [-0.3, -0.25) is 13.9 Å². The lowest BCUT2D eigenvalue weighted by atomic mass is 10.0. The number of aryl methyl sites for hydroxylation is 1. The predicted octanol–water partition coefficient (Wildman–Crippen LogP) is 5.54. The molecule has 0 aliphatic carbocycles. The molecule has 3 aromatic rings. The van der Waals surface area contributed by atoms with Crippen molar-refractivity contribution in [1.82, 2.24) is 10.2 Å². The molecule has 0 heterocycles. The Morgan fingerprint density at radius 1 is 0.900 bits per heavy atom. The van der Waals surface area contributed by atoms with Crippen molar-refractivity contribution in [3.8, 4) is 0 Å². The Labute approximate surface area is 247 Å². The minimum absolute atomic E-state index is 0.0170. The van der Waals surface area contributed by atoms with Crippen molar-refractivity contribution in [1.29, 1.82) is 0 Å². The van der Waals surface area contributed by atoms with Crippen molar-refractivity contribution >= 4 is 50.7 Å². The van der Waals surface area contributed by atoms with Crippen LogP contribution < -0.4 is 9.62 Å². The topological polar surface area (TPSA) is 86.8 Å². The molecule has 7 nitrogen and oxygen atoms in total. The van der Waals surface area contributed by atoms with E-state index in [1.54, 1.807) is 30.3 Å². The second-order valence-electron chi connectivity index (χ2n) is 10.1. The van der Waals surface area contributed by atoms with Crippen molar-refractivity contribution in [3.05, 3.63) is 99.0 Å². The fraction of sp³-hybridized carbons (Fsp3) is 0.333. The van der Waals surface area contributed by atoms with Gasteiger partial charge in [0.1, 0.15) is 12.6 Å².